The average molecular weight is 955 g/mol. The van der Waals surface area contributed by atoms with E-state index in [-0.39, 0.29) is 48.7 Å². The molecule has 1 fully saturated rings. The number of imidazole rings is 1. The number of aromatic nitrogens is 4. The molecule has 8 atom stereocenters. The van der Waals surface area contributed by atoms with Crippen LogP contribution in [0, 0.1) is 5.41 Å². The van der Waals surface area contributed by atoms with Crippen molar-refractivity contribution in [1.82, 2.24) is 35.5 Å². The number of anilines is 1. The largest absolute Gasteiger partial charge is 0.481 e. The highest BCUT2D eigenvalue weighted by atomic mass is 32.2. The predicted molar refractivity (Wildman–Crippen MR) is 203 cm³/mol. The lowest BCUT2D eigenvalue weighted by atomic mass is 9.87. The van der Waals surface area contributed by atoms with Crippen molar-refractivity contribution in [3.63, 3.8) is 0 Å². The van der Waals surface area contributed by atoms with E-state index in [1.165, 1.54) is 25.6 Å². The minimum atomic E-state index is -5.61. The predicted octanol–water partition coefficient (Wildman–Crippen LogP) is -2.43. The van der Waals surface area contributed by atoms with E-state index in [4.69, 9.17) is 29.7 Å². The van der Waals surface area contributed by atoms with Gasteiger partial charge in [0.15, 0.2) is 17.7 Å². The van der Waals surface area contributed by atoms with E-state index in [2.05, 4.69) is 39.7 Å². The summed E-state index contributed by atoms with van der Waals surface area (Å²) in [5, 5.41) is 46.1. The summed E-state index contributed by atoms with van der Waals surface area (Å²) < 4.78 is 62.0. The van der Waals surface area contributed by atoms with Gasteiger partial charge < -0.3 is 66.4 Å². The zero-order valence-corrected chi connectivity index (χ0v) is 35.5. The Morgan fingerprint density at radius 1 is 0.967 bits per heavy atom. The van der Waals surface area contributed by atoms with Gasteiger partial charge in [-0.2, -0.15) is 16.1 Å². The lowest BCUT2D eigenvalue weighted by molar-refractivity contribution is -0.147. The molecule has 1 aliphatic heterocycles. The van der Waals surface area contributed by atoms with Crippen LogP contribution in [0.2, 0.25) is 0 Å². The van der Waals surface area contributed by atoms with Gasteiger partial charge >= 0.3 is 35.4 Å². The van der Waals surface area contributed by atoms with Crippen LogP contribution >= 0.6 is 35.2 Å². The van der Waals surface area contributed by atoms with Crippen molar-refractivity contribution in [2.75, 3.05) is 43.5 Å². The van der Waals surface area contributed by atoms with E-state index < -0.39 is 115 Å². The number of fused-ring (bicyclic) bond motifs is 1. The van der Waals surface area contributed by atoms with Crippen LogP contribution in [0.1, 0.15) is 39.3 Å². The Hall–Kier alpha value is -3.70. The van der Waals surface area contributed by atoms with E-state index >= 15 is 0 Å². The number of aliphatic hydroxyl groups is 2. The summed E-state index contributed by atoms with van der Waals surface area (Å²) in [6.07, 6.45) is -8.06. The SMILES string of the molecule is CC(C)(COP(=O)(O)OP(=O)(O)OC[C@H]1O[C@@H](n2cnc3c(N)ncnc32)[C@@H](O)C1OP(=O)(O)O)[C@@H](O)C(=O)NCCC(=O)NCCSCCC(=O)N[C@@H](CC(=O)O)C(=O)O. The Bertz CT molecular complexity index is 2040. The minimum Gasteiger partial charge on any atom is -0.481 e. The molecule has 3 amide bonds. The summed E-state index contributed by atoms with van der Waals surface area (Å²) in [4.78, 5) is 109. The molecule has 3 unspecified atom stereocenters. The molecule has 0 radical (unpaired) electrons. The molecule has 0 spiro atoms. The van der Waals surface area contributed by atoms with Crippen molar-refractivity contribution in [2.24, 2.45) is 5.41 Å². The fourth-order valence-corrected chi connectivity index (χ4v) is 8.72. The van der Waals surface area contributed by atoms with Gasteiger partial charge in [-0.1, -0.05) is 13.8 Å². The van der Waals surface area contributed by atoms with E-state index in [0.717, 1.165) is 17.2 Å². The number of nitrogen functional groups attached to an aromatic ring is 1. The van der Waals surface area contributed by atoms with Gasteiger partial charge in [0.25, 0.3) is 0 Å². The number of thioether (sulfide) groups is 1. The monoisotopic (exact) mass is 954 g/mol. The highest BCUT2D eigenvalue weighted by molar-refractivity contribution is 7.99. The summed E-state index contributed by atoms with van der Waals surface area (Å²) >= 11 is 1.24. The average Bonchev–Trinajstić information content (AvgIpc) is 3.70. The van der Waals surface area contributed by atoms with Crippen LogP contribution in [-0.2, 0) is 60.3 Å². The first-order valence-corrected chi connectivity index (χ1v) is 23.1. The molecule has 3 rings (SSSR count). The normalized spacial score (nSPS) is 21.2. The third-order valence-corrected chi connectivity index (χ3v) is 12.2. The van der Waals surface area contributed by atoms with E-state index in [0.29, 0.717) is 5.75 Å². The second-order valence-corrected chi connectivity index (χ2v) is 18.9. The lowest BCUT2D eigenvalue weighted by Gasteiger charge is -2.30. The minimum absolute atomic E-state index is 0.0120. The van der Waals surface area contributed by atoms with Crippen molar-refractivity contribution < 1.29 is 100 Å². The lowest BCUT2D eigenvalue weighted by Crippen LogP contribution is -2.46. The van der Waals surface area contributed by atoms with Gasteiger partial charge in [-0.25, -0.2) is 33.4 Å². The molecule has 0 aromatic carbocycles. The molecule has 61 heavy (non-hydrogen) atoms. The number of carbonyl (C=O) groups excluding carboxylic acids is 3. The number of nitrogens with two attached hydrogens (primary N) is 1. The molecule has 0 aliphatic carbocycles. The number of ether oxygens (including phenoxy) is 1. The van der Waals surface area contributed by atoms with Gasteiger partial charge in [0, 0.05) is 42.9 Å². The summed E-state index contributed by atoms with van der Waals surface area (Å²) in [7, 11) is -16.5. The molecular formula is C28H45N8O21P3S. The van der Waals surface area contributed by atoms with Gasteiger partial charge in [-0.15, -0.1) is 0 Å². The van der Waals surface area contributed by atoms with Crippen LogP contribution in [0.25, 0.3) is 11.2 Å². The number of amides is 3. The smallest absolute Gasteiger partial charge is 0.481 e. The highest BCUT2D eigenvalue weighted by Crippen LogP contribution is 2.61. The molecule has 2 aromatic heterocycles. The van der Waals surface area contributed by atoms with Gasteiger partial charge in [-0.05, 0) is 0 Å². The maximum atomic E-state index is 12.7. The molecule has 3 heterocycles. The summed E-state index contributed by atoms with van der Waals surface area (Å²) in [6.45, 7) is 0.230. The topological polar surface area (TPSA) is 450 Å². The number of nitrogens with one attached hydrogen (secondary N) is 3. The third kappa shape index (κ3) is 16.5. The maximum absolute atomic E-state index is 12.7. The fourth-order valence-electron chi connectivity index (χ4n) is 5.11. The highest BCUT2D eigenvalue weighted by Gasteiger charge is 2.50. The van der Waals surface area contributed by atoms with Crippen molar-refractivity contribution in [3.05, 3.63) is 12.7 Å². The number of aliphatic carboxylic acids is 2. The molecule has 33 heteroatoms. The number of carboxylic acids is 2. The zero-order valence-electron chi connectivity index (χ0n) is 32.0. The van der Waals surface area contributed by atoms with Gasteiger partial charge in [0.05, 0.1) is 26.0 Å². The molecule has 1 saturated heterocycles. The number of hydrogen-bond acceptors (Lipinski definition) is 20. The first kappa shape index (κ1) is 51.6. The van der Waals surface area contributed by atoms with Crippen LogP contribution in [0.4, 0.5) is 5.82 Å². The second kappa shape index (κ2) is 22.1. The molecule has 29 nitrogen and oxygen atoms in total. The number of nitrogens with zero attached hydrogens (tertiary/aromatic N) is 4. The third-order valence-electron chi connectivity index (χ3n) is 8.13. The summed E-state index contributed by atoms with van der Waals surface area (Å²) in [6, 6.07) is -1.57. The van der Waals surface area contributed by atoms with Crippen LogP contribution in [0.15, 0.2) is 12.7 Å². The molecule has 13 N–H and O–H groups in total. The van der Waals surface area contributed by atoms with E-state index in [1.54, 1.807) is 0 Å². The number of hydrogen-bond donors (Lipinski definition) is 12. The Labute approximate surface area is 348 Å². The Kier molecular flexibility index (Phi) is 18.7. The zero-order chi connectivity index (χ0) is 45.9. The number of carboxylic acid groups (broad SMARTS) is 2. The van der Waals surface area contributed by atoms with Crippen LogP contribution in [0.5, 0.6) is 0 Å². The van der Waals surface area contributed by atoms with E-state index in [9.17, 15) is 67.5 Å². The molecule has 344 valence electrons. The Morgan fingerprint density at radius 2 is 1.64 bits per heavy atom. The van der Waals surface area contributed by atoms with Crippen molar-refractivity contribution in [3.8, 4) is 0 Å². The molecule has 0 saturated carbocycles. The van der Waals surface area contributed by atoms with E-state index in [1.807, 2.05) is 0 Å². The second-order valence-electron chi connectivity index (χ2n) is 13.5. The van der Waals surface area contributed by atoms with Gasteiger partial charge in [-0.3, -0.25) is 37.3 Å². The quantitative estimate of drug-likeness (QED) is 0.0345. The number of phosphoric acid groups is 3. The van der Waals surface area contributed by atoms with Gasteiger partial charge in [0.1, 0.15) is 42.3 Å². The Balaban J connectivity index is 1.42. The fraction of sp³-hybridized carbons (Fsp3) is 0.643. The van der Waals surface area contributed by atoms with Crippen molar-refractivity contribution in [1.29, 1.82) is 0 Å². The first-order chi connectivity index (χ1) is 28.2. The first-order valence-electron chi connectivity index (χ1n) is 17.4. The van der Waals surface area contributed by atoms with Crippen LogP contribution in [-0.4, -0.2) is 157 Å². The number of carbonyl (C=O) groups is 5. The molecule has 2 aromatic rings. The number of aliphatic hydroxyl groups excluding tert-OH is 2. The van der Waals surface area contributed by atoms with Gasteiger partial charge in [0.2, 0.25) is 17.7 Å². The van der Waals surface area contributed by atoms with Crippen molar-refractivity contribution in [2.45, 2.75) is 69.8 Å². The molecule has 0 bridgehead atoms. The van der Waals surface area contributed by atoms with Crippen LogP contribution < -0.4 is 21.7 Å². The number of phosphoric ester groups is 3. The Morgan fingerprint density at radius 3 is 2.28 bits per heavy atom. The summed E-state index contributed by atoms with van der Waals surface area (Å²) in [5.41, 5.74) is 4.17. The maximum Gasteiger partial charge on any atom is 0.481 e. The summed E-state index contributed by atoms with van der Waals surface area (Å²) in [5.74, 6) is -4.56. The standard InChI is InChI=1S/C28H45N8O21P3S/c1-28(2,22(42)25(43)31-5-3-16(37)30-6-8-61-7-4-17(38)35-14(27(44)45)9-18(39)40)11-54-60(51,52)57-59(49,50)53-10-15-21(56-58(46,47)48)20(41)26(55-15)36-13-34-19-23(29)32-12-33-24(19)36/h12-15,20-22,26,41-42H,3-11H2,1-2H3,(H,30,37)(H,31,43)(H,35,38)(H,39,40)(H,44,45)(H,49,50)(H,51,52)(H2,29,32,33)(H2,46,47,48)/t14-,15+,20-,21?,22-,26+/m0/s1. The van der Waals surface area contributed by atoms with Crippen molar-refractivity contribution >= 4 is 81.9 Å². The number of rotatable bonds is 26. The molecule has 1 aliphatic rings. The molecular weight excluding hydrogens is 909 g/mol. The van der Waals surface area contributed by atoms with Crippen LogP contribution in [0.3, 0.4) is 0 Å².